The quantitative estimate of drug-likeness (QED) is 0.341. The Morgan fingerprint density at radius 3 is 2.70 bits per heavy atom. The van der Waals surface area contributed by atoms with Crippen molar-refractivity contribution in [1.82, 2.24) is 9.72 Å². The molecule has 0 atom stereocenters. The maximum atomic E-state index is 12.4. The Labute approximate surface area is 175 Å². The minimum Gasteiger partial charge on any atom is -0.493 e. The first-order chi connectivity index (χ1) is 14.5. The number of aryl methyl sites for hydroxylation is 4. The van der Waals surface area contributed by atoms with Gasteiger partial charge in [0.25, 0.3) is 5.91 Å². The van der Waals surface area contributed by atoms with Crippen LogP contribution in [-0.2, 0) is 11.3 Å². The summed E-state index contributed by atoms with van der Waals surface area (Å²) < 4.78 is 12.9. The zero-order valence-corrected chi connectivity index (χ0v) is 17.3. The van der Waals surface area contributed by atoms with E-state index in [9.17, 15) is 10.1 Å². The highest BCUT2D eigenvalue weighted by atomic mass is 16.5. The number of hydrogen-bond donors (Lipinski definition) is 1. The fourth-order valence-corrected chi connectivity index (χ4v) is 3.10. The number of benzene rings is 1. The number of para-hydroxylation sites is 1. The molecule has 30 heavy (non-hydrogen) atoms. The molecule has 2 aromatic heterocycles. The van der Waals surface area contributed by atoms with Crippen molar-refractivity contribution in [3.63, 3.8) is 0 Å². The Morgan fingerprint density at radius 1 is 1.27 bits per heavy atom. The Hall–Kier alpha value is -3.79. The van der Waals surface area contributed by atoms with Crippen LogP contribution >= 0.6 is 0 Å². The number of amides is 1. The van der Waals surface area contributed by atoms with E-state index in [-0.39, 0.29) is 11.4 Å². The van der Waals surface area contributed by atoms with Crippen LogP contribution in [-0.4, -0.2) is 22.2 Å². The smallest absolute Gasteiger partial charge is 0.267 e. The molecule has 1 N–H and O–H groups in total. The number of anilines is 1. The predicted octanol–water partition coefficient (Wildman–Crippen LogP) is 4.42. The van der Waals surface area contributed by atoms with Crippen LogP contribution in [0.1, 0.15) is 29.0 Å². The van der Waals surface area contributed by atoms with Crippen molar-refractivity contribution in [1.29, 1.82) is 5.26 Å². The number of nitriles is 1. The van der Waals surface area contributed by atoms with Crippen LogP contribution in [0.2, 0.25) is 0 Å². The molecule has 7 heteroatoms. The Morgan fingerprint density at radius 2 is 2.03 bits per heavy atom. The molecule has 2 heterocycles. The lowest BCUT2D eigenvalue weighted by Crippen LogP contribution is -2.14. The van der Waals surface area contributed by atoms with Gasteiger partial charge in [0.1, 0.15) is 23.2 Å². The molecule has 0 aliphatic carbocycles. The van der Waals surface area contributed by atoms with E-state index in [4.69, 9.17) is 9.26 Å². The standard InChI is InChI=1S/C23H24N4O3/c1-16-7-4-8-17(2)22(16)29-12-6-11-27-10-5-9-20(27)14-19(15-24)23(28)25-21-13-18(3)30-26-21/h4-5,7-10,13-14H,6,11-12H2,1-3H3,(H,25,26,28)/b19-14-. The molecule has 7 nitrogen and oxygen atoms in total. The molecule has 0 aliphatic rings. The maximum Gasteiger partial charge on any atom is 0.267 e. The summed E-state index contributed by atoms with van der Waals surface area (Å²) in [5, 5.41) is 15.7. The average Bonchev–Trinajstić information content (AvgIpc) is 3.33. The van der Waals surface area contributed by atoms with Crippen LogP contribution < -0.4 is 10.1 Å². The van der Waals surface area contributed by atoms with E-state index in [1.54, 1.807) is 19.1 Å². The van der Waals surface area contributed by atoms with Crippen molar-refractivity contribution >= 4 is 17.8 Å². The summed E-state index contributed by atoms with van der Waals surface area (Å²) in [6.07, 6.45) is 4.27. The lowest BCUT2D eigenvalue weighted by molar-refractivity contribution is -0.112. The van der Waals surface area contributed by atoms with Crippen molar-refractivity contribution in [3.8, 4) is 11.8 Å². The Bertz CT molecular complexity index is 1080. The van der Waals surface area contributed by atoms with Gasteiger partial charge in [-0.05, 0) is 56.5 Å². The van der Waals surface area contributed by atoms with E-state index >= 15 is 0 Å². The third-order valence-electron chi connectivity index (χ3n) is 4.59. The average molecular weight is 404 g/mol. The summed E-state index contributed by atoms with van der Waals surface area (Å²) in [6, 6.07) is 13.4. The zero-order chi connectivity index (χ0) is 21.5. The molecule has 3 rings (SSSR count). The van der Waals surface area contributed by atoms with Gasteiger partial charge < -0.3 is 19.1 Å². The molecule has 0 bridgehead atoms. The number of carbonyl (C=O) groups excluding carboxylic acids is 1. The van der Waals surface area contributed by atoms with Gasteiger partial charge in [0, 0.05) is 24.5 Å². The third-order valence-corrected chi connectivity index (χ3v) is 4.59. The van der Waals surface area contributed by atoms with Crippen molar-refractivity contribution in [3.05, 3.63) is 70.7 Å². The minimum atomic E-state index is -0.531. The van der Waals surface area contributed by atoms with Crippen molar-refractivity contribution in [2.45, 2.75) is 33.7 Å². The zero-order valence-electron chi connectivity index (χ0n) is 17.3. The third kappa shape index (κ3) is 5.17. The first-order valence-corrected chi connectivity index (χ1v) is 9.68. The van der Waals surface area contributed by atoms with Crippen molar-refractivity contribution < 1.29 is 14.1 Å². The number of rotatable bonds is 8. The van der Waals surface area contributed by atoms with E-state index in [1.807, 2.05) is 61.0 Å². The second-order valence-electron chi connectivity index (χ2n) is 7.00. The number of ether oxygens (including phenoxy) is 1. The van der Waals surface area contributed by atoms with Crippen molar-refractivity contribution in [2.24, 2.45) is 0 Å². The SMILES string of the molecule is Cc1cc(NC(=O)/C(C#N)=C\c2cccn2CCCOc2c(C)cccc2C)no1. The van der Waals surface area contributed by atoms with E-state index in [0.29, 0.717) is 18.9 Å². The lowest BCUT2D eigenvalue weighted by Gasteiger charge is -2.12. The number of carbonyl (C=O) groups is 1. The van der Waals surface area contributed by atoms with Gasteiger partial charge in [-0.25, -0.2) is 0 Å². The number of hydrogen-bond acceptors (Lipinski definition) is 5. The summed E-state index contributed by atoms with van der Waals surface area (Å²) in [6.45, 7) is 7.06. The summed E-state index contributed by atoms with van der Waals surface area (Å²) >= 11 is 0. The second kappa shape index (κ2) is 9.61. The number of nitrogens with zero attached hydrogens (tertiary/aromatic N) is 3. The van der Waals surface area contributed by atoms with Gasteiger partial charge in [-0.1, -0.05) is 23.4 Å². The Balaban J connectivity index is 1.61. The fourth-order valence-electron chi connectivity index (χ4n) is 3.10. The van der Waals surface area contributed by atoms with E-state index in [1.165, 1.54) is 0 Å². The maximum absolute atomic E-state index is 12.4. The molecule has 0 fully saturated rings. The van der Waals surface area contributed by atoms with Gasteiger partial charge in [0.05, 0.1) is 6.61 Å². The molecule has 0 spiro atoms. The highest BCUT2D eigenvalue weighted by Crippen LogP contribution is 2.22. The van der Waals surface area contributed by atoms with Crippen LogP contribution in [0.4, 0.5) is 5.82 Å². The first-order valence-electron chi connectivity index (χ1n) is 9.68. The van der Waals surface area contributed by atoms with Gasteiger partial charge in [-0.15, -0.1) is 0 Å². The molecule has 154 valence electrons. The lowest BCUT2D eigenvalue weighted by atomic mass is 10.1. The molecule has 1 aromatic carbocycles. The van der Waals surface area contributed by atoms with Gasteiger partial charge in [0.15, 0.2) is 5.82 Å². The van der Waals surface area contributed by atoms with Gasteiger partial charge >= 0.3 is 0 Å². The number of aromatic nitrogens is 2. The Kier molecular flexibility index (Phi) is 6.71. The van der Waals surface area contributed by atoms with Crippen LogP contribution in [0, 0.1) is 32.1 Å². The normalized spacial score (nSPS) is 11.2. The molecule has 1 amide bonds. The second-order valence-corrected chi connectivity index (χ2v) is 7.00. The van der Waals surface area contributed by atoms with Crippen molar-refractivity contribution in [2.75, 3.05) is 11.9 Å². The van der Waals surface area contributed by atoms with E-state index in [2.05, 4.69) is 10.5 Å². The molecular formula is C23H24N4O3. The van der Waals surface area contributed by atoms with Crippen LogP contribution in [0.15, 0.2) is 52.7 Å². The topological polar surface area (TPSA) is 93.1 Å². The molecular weight excluding hydrogens is 380 g/mol. The minimum absolute atomic E-state index is 0.0117. The van der Waals surface area contributed by atoms with Crippen LogP contribution in [0.3, 0.4) is 0 Å². The summed E-state index contributed by atoms with van der Waals surface area (Å²) in [4.78, 5) is 12.4. The highest BCUT2D eigenvalue weighted by Gasteiger charge is 2.13. The van der Waals surface area contributed by atoms with Crippen LogP contribution in [0.5, 0.6) is 5.75 Å². The number of nitrogens with one attached hydrogen (secondary N) is 1. The largest absolute Gasteiger partial charge is 0.493 e. The predicted molar refractivity (Wildman–Crippen MR) is 114 cm³/mol. The van der Waals surface area contributed by atoms with E-state index < -0.39 is 5.91 Å². The highest BCUT2D eigenvalue weighted by molar-refractivity contribution is 6.09. The summed E-state index contributed by atoms with van der Waals surface area (Å²) in [5.74, 6) is 1.25. The monoisotopic (exact) mass is 404 g/mol. The summed E-state index contributed by atoms with van der Waals surface area (Å²) in [5.41, 5.74) is 2.99. The molecule has 0 saturated carbocycles. The van der Waals surface area contributed by atoms with Gasteiger partial charge in [-0.3, -0.25) is 4.79 Å². The van der Waals surface area contributed by atoms with Gasteiger partial charge in [0.2, 0.25) is 0 Å². The fraction of sp³-hybridized carbons (Fsp3) is 0.261. The molecule has 3 aromatic rings. The van der Waals surface area contributed by atoms with Crippen LogP contribution in [0.25, 0.3) is 6.08 Å². The summed E-state index contributed by atoms with van der Waals surface area (Å²) in [7, 11) is 0. The molecule has 0 saturated heterocycles. The van der Waals surface area contributed by atoms with E-state index in [0.717, 1.165) is 29.0 Å². The first kappa shape index (κ1) is 20.9. The molecule has 0 radical (unpaired) electrons. The van der Waals surface area contributed by atoms with Gasteiger partial charge in [-0.2, -0.15) is 5.26 Å². The molecule has 0 aliphatic heterocycles. The molecule has 0 unspecified atom stereocenters.